The smallest absolute Gasteiger partial charge is 0.318 e. The molecule has 0 aliphatic carbocycles. The Bertz CT molecular complexity index is 900. The van der Waals surface area contributed by atoms with Crippen LogP contribution in [0.2, 0.25) is 0 Å². The molecule has 2 unspecified atom stereocenters. The number of hydrogen-bond acceptors (Lipinski definition) is 7. The van der Waals surface area contributed by atoms with Gasteiger partial charge in [0.2, 0.25) is 0 Å². The Labute approximate surface area is 167 Å². The molecule has 0 fully saturated rings. The molecule has 0 spiro atoms. The average molecular weight is 399 g/mol. The molecule has 0 bridgehead atoms. The van der Waals surface area contributed by atoms with Crippen LogP contribution in [0.5, 0.6) is 0 Å². The summed E-state index contributed by atoms with van der Waals surface area (Å²) in [6.07, 6.45) is 0. The number of ketones is 1. The van der Waals surface area contributed by atoms with Gasteiger partial charge in [-0.3, -0.25) is 24.5 Å². The summed E-state index contributed by atoms with van der Waals surface area (Å²) in [5.74, 6) is -3.39. The molecule has 29 heavy (non-hydrogen) atoms. The zero-order chi connectivity index (χ0) is 21.4. The van der Waals surface area contributed by atoms with Gasteiger partial charge in [0.15, 0.2) is 5.78 Å². The van der Waals surface area contributed by atoms with Gasteiger partial charge in [0.05, 0.1) is 24.1 Å². The molecule has 9 heteroatoms. The van der Waals surface area contributed by atoms with Crippen molar-refractivity contribution in [3.8, 4) is 0 Å². The molecule has 0 aliphatic heterocycles. The number of hydrogen-bond donors (Lipinski definition) is 2. The van der Waals surface area contributed by atoms with Crippen molar-refractivity contribution in [1.82, 2.24) is 5.32 Å². The molecule has 0 saturated carbocycles. The number of nitro groups is 1. The SMILES string of the molecule is CCOC(=O)C(C(=O)CNC(=O)c1cccc([N+](=O)[O-])c1)C(N)c1ccccc1. The van der Waals surface area contributed by atoms with Crippen molar-refractivity contribution < 1.29 is 24.0 Å². The van der Waals surface area contributed by atoms with E-state index in [0.717, 1.165) is 6.07 Å². The summed E-state index contributed by atoms with van der Waals surface area (Å²) < 4.78 is 4.97. The minimum absolute atomic E-state index is 0.0204. The molecule has 0 radical (unpaired) electrons. The van der Waals surface area contributed by atoms with Crippen LogP contribution in [0.15, 0.2) is 54.6 Å². The first-order chi connectivity index (χ1) is 13.8. The predicted octanol–water partition coefficient (Wildman–Crippen LogP) is 1.77. The normalized spacial score (nSPS) is 12.5. The second-order valence-electron chi connectivity index (χ2n) is 6.12. The minimum atomic E-state index is -1.30. The lowest BCUT2D eigenvalue weighted by Crippen LogP contribution is -2.41. The van der Waals surface area contributed by atoms with Crippen LogP contribution in [0.25, 0.3) is 0 Å². The van der Waals surface area contributed by atoms with Gasteiger partial charge >= 0.3 is 5.97 Å². The third-order valence-corrected chi connectivity index (χ3v) is 4.17. The average Bonchev–Trinajstić information content (AvgIpc) is 2.73. The molecule has 2 atom stereocenters. The van der Waals surface area contributed by atoms with Crippen LogP contribution in [0.4, 0.5) is 5.69 Å². The summed E-state index contributed by atoms with van der Waals surface area (Å²) in [6.45, 7) is 1.20. The minimum Gasteiger partial charge on any atom is -0.465 e. The fourth-order valence-electron chi connectivity index (χ4n) is 2.72. The van der Waals surface area contributed by atoms with E-state index in [4.69, 9.17) is 10.5 Å². The number of nitrogens with zero attached hydrogens (tertiary/aromatic N) is 1. The third-order valence-electron chi connectivity index (χ3n) is 4.17. The number of amides is 1. The molecule has 2 rings (SSSR count). The Kier molecular flexibility index (Phi) is 7.55. The number of non-ortho nitro benzene ring substituents is 1. The number of carbonyl (C=O) groups excluding carboxylic acids is 3. The van der Waals surface area contributed by atoms with Crippen molar-refractivity contribution in [3.63, 3.8) is 0 Å². The molecular formula is C20H21N3O6. The number of Topliss-reactive ketones (excluding diaryl/α,β-unsaturated/α-hetero) is 1. The van der Waals surface area contributed by atoms with Gasteiger partial charge in [0, 0.05) is 17.7 Å². The third kappa shape index (κ3) is 5.69. The first kappa shape index (κ1) is 21.7. The van der Waals surface area contributed by atoms with Crippen molar-refractivity contribution in [2.45, 2.75) is 13.0 Å². The Morgan fingerprint density at radius 3 is 2.45 bits per heavy atom. The van der Waals surface area contributed by atoms with E-state index in [9.17, 15) is 24.5 Å². The van der Waals surface area contributed by atoms with Crippen molar-refractivity contribution in [2.75, 3.05) is 13.2 Å². The highest BCUT2D eigenvalue weighted by molar-refractivity contribution is 6.03. The van der Waals surface area contributed by atoms with Gasteiger partial charge in [-0.2, -0.15) is 0 Å². The molecule has 0 aliphatic rings. The summed E-state index contributed by atoms with van der Waals surface area (Å²) in [4.78, 5) is 47.5. The van der Waals surface area contributed by atoms with Crippen LogP contribution in [-0.2, 0) is 14.3 Å². The van der Waals surface area contributed by atoms with Gasteiger partial charge in [0.1, 0.15) is 5.92 Å². The van der Waals surface area contributed by atoms with Crippen LogP contribution in [0, 0.1) is 16.0 Å². The van der Waals surface area contributed by atoms with Crippen LogP contribution >= 0.6 is 0 Å². The quantitative estimate of drug-likeness (QED) is 0.283. The molecule has 0 saturated heterocycles. The van der Waals surface area contributed by atoms with Crippen molar-refractivity contribution in [2.24, 2.45) is 11.7 Å². The van der Waals surface area contributed by atoms with Crippen molar-refractivity contribution in [3.05, 3.63) is 75.8 Å². The zero-order valence-corrected chi connectivity index (χ0v) is 15.7. The molecule has 2 aromatic carbocycles. The maximum atomic E-state index is 12.7. The monoisotopic (exact) mass is 399 g/mol. The van der Waals surface area contributed by atoms with Crippen LogP contribution in [0.1, 0.15) is 28.9 Å². The number of carbonyl (C=O) groups is 3. The fraction of sp³-hybridized carbons (Fsp3) is 0.250. The highest BCUT2D eigenvalue weighted by Crippen LogP contribution is 2.22. The van der Waals surface area contributed by atoms with E-state index in [1.807, 2.05) is 0 Å². The molecule has 0 heterocycles. The van der Waals surface area contributed by atoms with Crippen molar-refractivity contribution >= 4 is 23.3 Å². The van der Waals surface area contributed by atoms with Gasteiger partial charge in [-0.1, -0.05) is 36.4 Å². The second-order valence-corrected chi connectivity index (χ2v) is 6.12. The molecule has 0 aromatic heterocycles. The first-order valence-corrected chi connectivity index (χ1v) is 8.87. The van der Waals surface area contributed by atoms with Gasteiger partial charge in [-0.25, -0.2) is 0 Å². The van der Waals surface area contributed by atoms with E-state index in [1.54, 1.807) is 37.3 Å². The highest BCUT2D eigenvalue weighted by atomic mass is 16.6. The molecule has 1 amide bonds. The summed E-state index contributed by atoms with van der Waals surface area (Å²) in [5, 5.41) is 13.2. The van der Waals surface area contributed by atoms with Crippen LogP contribution in [0.3, 0.4) is 0 Å². The van der Waals surface area contributed by atoms with E-state index >= 15 is 0 Å². The predicted molar refractivity (Wildman–Crippen MR) is 104 cm³/mol. The van der Waals surface area contributed by atoms with E-state index in [2.05, 4.69) is 5.32 Å². The lowest BCUT2D eigenvalue weighted by molar-refractivity contribution is -0.384. The number of nitro benzene ring substituents is 1. The molecule has 2 aromatic rings. The van der Waals surface area contributed by atoms with Gasteiger partial charge < -0.3 is 15.8 Å². The van der Waals surface area contributed by atoms with E-state index in [1.165, 1.54) is 18.2 Å². The highest BCUT2D eigenvalue weighted by Gasteiger charge is 2.34. The summed E-state index contributed by atoms with van der Waals surface area (Å²) in [5.41, 5.74) is 6.48. The van der Waals surface area contributed by atoms with Gasteiger partial charge in [-0.15, -0.1) is 0 Å². The molecular weight excluding hydrogens is 378 g/mol. The first-order valence-electron chi connectivity index (χ1n) is 8.87. The Morgan fingerprint density at radius 1 is 1.14 bits per heavy atom. The van der Waals surface area contributed by atoms with Gasteiger partial charge in [0.25, 0.3) is 11.6 Å². The number of nitrogens with two attached hydrogens (primary N) is 1. The summed E-state index contributed by atoms with van der Waals surface area (Å²) in [6, 6.07) is 12.7. The van der Waals surface area contributed by atoms with E-state index < -0.39 is 41.1 Å². The maximum absolute atomic E-state index is 12.7. The van der Waals surface area contributed by atoms with Crippen LogP contribution < -0.4 is 11.1 Å². The number of rotatable bonds is 9. The number of nitrogens with one attached hydrogen (secondary N) is 1. The second kappa shape index (κ2) is 10.1. The van der Waals surface area contributed by atoms with E-state index in [0.29, 0.717) is 5.56 Å². The van der Waals surface area contributed by atoms with Crippen LogP contribution in [-0.4, -0.2) is 35.7 Å². The summed E-state index contributed by atoms with van der Waals surface area (Å²) in [7, 11) is 0. The number of esters is 1. The molecule has 9 nitrogen and oxygen atoms in total. The topological polar surface area (TPSA) is 142 Å². The standard InChI is InChI=1S/C20H21N3O6/c1-2-29-20(26)17(18(21)13-7-4-3-5-8-13)16(24)12-22-19(25)14-9-6-10-15(11-14)23(27)28/h3-11,17-18H,2,12,21H2,1H3,(H,22,25). The van der Waals surface area contributed by atoms with Gasteiger partial charge in [-0.05, 0) is 18.6 Å². The Morgan fingerprint density at radius 2 is 1.83 bits per heavy atom. The number of ether oxygens (including phenoxy) is 1. The lowest BCUT2D eigenvalue weighted by atomic mass is 9.90. The Hall–Kier alpha value is -3.59. The Balaban J connectivity index is 2.13. The lowest BCUT2D eigenvalue weighted by Gasteiger charge is -2.21. The maximum Gasteiger partial charge on any atom is 0.318 e. The van der Waals surface area contributed by atoms with E-state index in [-0.39, 0.29) is 17.9 Å². The summed E-state index contributed by atoms with van der Waals surface area (Å²) >= 11 is 0. The molecule has 152 valence electrons. The number of benzene rings is 2. The van der Waals surface area contributed by atoms with Crippen molar-refractivity contribution in [1.29, 1.82) is 0 Å². The largest absolute Gasteiger partial charge is 0.465 e. The zero-order valence-electron chi connectivity index (χ0n) is 15.7. The fourth-order valence-corrected chi connectivity index (χ4v) is 2.72. The molecule has 3 N–H and O–H groups in total.